The Hall–Kier alpha value is -10.9. The first-order chi connectivity index (χ1) is 47.5. The summed E-state index contributed by atoms with van der Waals surface area (Å²) in [6.45, 7) is 19.8. The molecule has 528 valence electrons. The molecule has 0 bridgehead atoms. The molecular weight excluding hydrogens is 1320 g/mol. The van der Waals surface area contributed by atoms with Crippen LogP contribution >= 0.6 is 23.4 Å². The van der Waals surface area contributed by atoms with Gasteiger partial charge in [0.25, 0.3) is 11.8 Å². The van der Waals surface area contributed by atoms with E-state index < -0.39 is 42.3 Å². The van der Waals surface area contributed by atoms with E-state index in [2.05, 4.69) is 42.7 Å². The molecule has 0 saturated heterocycles. The molecule has 0 heterocycles. The number of ether oxygens (including phenoxy) is 5. The fraction of sp³-hybridized carbons (Fsp3) is 0.307. The first-order valence-electron chi connectivity index (χ1n) is 31.9. The van der Waals surface area contributed by atoms with Gasteiger partial charge in [0.15, 0.2) is 12.7 Å². The van der Waals surface area contributed by atoms with Crippen LogP contribution in [0.3, 0.4) is 0 Å². The van der Waals surface area contributed by atoms with Gasteiger partial charge in [-0.25, -0.2) is 9.59 Å². The standard InChI is InChI=1S/C28H27ClN4O7.C27H32N2O4.C20H25NO5S/c1-15-5-8-24(16(2)9-15)40-17(3)27(36)32-22-11-23(34)21(12-25(22)39-14-26(35)38-4)33-28(37)31-19-6-7-20(29)18(10-19)13-30;1-17(2)15-25(30)29-23-8-5-7-21-20(23)10-11-22(26(21)31)27(32)28-13-6-14-33-24-12-9-18(3)16-19(24)4;1-12(2)9-17(22)21-15-6-4-5-14-19(15)16(10-13(3)20(14)25)26-7-8-27-11-18(23)24/h5-12,17,34H,14H2,1-4H3,(H,32,36)(H2,31,33,37);5,7-12,16-17,31H,6,13-15H2,1-4H3,(H,28,32)(H,29,30);4-6,10,12,25H,7-9,11H2,1-3H3,(H,21,22)(H,23,24). The molecule has 25 heteroatoms. The van der Waals surface area contributed by atoms with Gasteiger partial charge in [-0.2, -0.15) is 5.26 Å². The van der Waals surface area contributed by atoms with Crippen molar-refractivity contribution in [2.24, 2.45) is 11.8 Å². The van der Waals surface area contributed by atoms with Crippen molar-refractivity contribution in [1.82, 2.24) is 5.32 Å². The third kappa shape index (κ3) is 23.4. The van der Waals surface area contributed by atoms with E-state index in [0.717, 1.165) is 28.5 Å². The van der Waals surface area contributed by atoms with Crippen molar-refractivity contribution in [1.29, 1.82) is 5.26 Å². The quantitative estimate of drug-likeness (QED) is 0.0130. The van der Waals surface area contributed by atoms with Gasteiger partial charge in [-0.05, 0) is 131 Å². The maximum atomic E-state index is 12.9. The Kier molecular flexibility index (Phi) is 29.5. The fourth-order valence-corrected chi connectivity index (χ4v) is 10.6. The lowest BCUT2D eigenvalue weighted by Gasteiger charge is -2.19. The van der Waals surface area contributed by atoms with Gasteiger partial charge in [-0.15, -0.1) is 11.8 Å². The second-order valence-electron chi connectivity index (χ2n) is 24.1. The van der Waals surface area contributed by atoms with Crippen molar-refractivity contribution in [2.75, 3.05) is 71.6 Å². The Morgan fingerprint density at radius 3 is 1.85 bits per heavy atom. The molecule has 0 aliphatic carbocycles. The number of carbonyl (C=O) groups is 7. The number of carboxylic acids is 1. The van der Waals surface area contributed by atoms with Crippen LogP contribution in [0.25, 0.3) is 21.5 Å². The number of hydrogen-bond acceptors (Lipinski definition) is 17. The van der Waals surface area contributed by atoms with Crippen molar-refractivity contribution < 1.29 is 77.7 Å². The smallest absolute Gasteiger partial charge is 0.343 e. The second kappa shape index (κ2) is 37.7. The number of phenols is 3. The zero-order valence-electron chi connectivity index (χ0n) is 57.6. The highest BCUT2D eigenvalue weighted by Gasteiger charge is 2.23. The molecule has 10 N–H and O–H groups in total. The monoisotopic (exact) mass is 1410 g/mol. The number of aromatic hydroxyl groups is 3. The molecule has 100 heavy (non-hydrogen) atoms. The van der Waals surface area contributed by atoms with E-state index in [1.807, 2.05) is 85.7 Å². The molecule has 8 aromatic carbocycles. The van der Waals surface area contributed by atoms with Crippen LogP contribution in [0.15, 0.2) is 121 Å². The average Bonchev–Trinajstić information content (AvgIpc) is 0.785. The van der Waals surface area contributed by atoms with E-state index in [9.17, 15) is 48.9 Å². The van der Waals surface area contributed by atoms with E-state index in [4.69, 9.17) is 40.9 Å². The number of carbonyl (C=O) groups excluding carboxylic acids is 6. The number of amides is 6. The first-order valence-corrected chi connectivity index (χ1v) is 33.5. The number of carboxylic acid groups (broad SMARTS) is 1. The minimum Gasteiger partial charge on any atom is -0.507 e. The third-order valence-corrected chi connectivity index (χ3v) is 16.0. The van der Waals surface area contributed by atoms with E-state index in [-0.39, 0.29) is 85.8 Å². The summed E-state index contributed by atoms with van der Waals surface area (Å²) in [7, 11) is 1.18. The lowest BCUT2D eigenvalue weighted by molar-refractivity contribution is -0.143. The molecule has 8 aromatic rings. The summed E-state index contributed by atoms with van der Waals surface area (Å²) in [6.07, 6.45) is 0.518. The third-order valence-electron chi connectivity index (χ3n) is 14.7. The largest absolute Gasteiger partial charge is 0.507 e. The summed E-state index contributed by atoms with van der Waals surface area (Å²) in [4.78, 5) is 84.8. The summed E-state index contributed by atoms with van der Waals surface area (Å²) >= 11 is 7.19. The Morgan fingerprint density at radius 1 is 0.590 bits per heavy atom. The number of fused-ring (bicyclic) bond motifs is 2. The lowest BCUT2D eigenvalue weighted by atomic mass is 10.0. The van der Waals surface area contributed by atoms with Crippen LogP contribution < -0.4 is 50.8 Å². The SMILES string of the molecule is COC(=O)COc1cc(NC(=O)Nc2ccc(Cl)c(C#N)c2)c(O)cc1NC(=O)C(C)Oc1ccc(C)cc1C.Cc1cc(OCCSCC(=O)O)c2c(NC(=O)CC(C)C)cccc2c1O.Cc1ccc(OCCCNC(=O)c2ccc3c(NC(=O)CC(C)C)cccc3c2O)c(C)c1. The van der Waals surface area contributed by atoms with Crippen molar-refractivity contribution in [3.63, 3.8) is 0 Å². The minimum atomic E-state index is -0.932. The number of rotatable bonds is 27. The molecule has 23 nitrogen and oxygen atoms in total. The number of hydrogen-bond donors (Lipinski definition) is 10. The van der Waals surface area contributed by atoms with Gasteiger partial charge in [0.05, 0.1) is 64.7 Å². The van der Waals surface area contributed by atoms with Gasteiger partial charge in [0.1, 0.15) is 46.3 Å². The minimum absolute atomic E-state index is 0.0183. The summed E-state index contributed by atoms with van der Waals surface area (Å²) in [5.74, 6) is -0.0858. The molecule has 1 unspecified atom stereocenters. The zero-order chi connectivity index (χ0) is 73.3. The number of nitrogens with zero attached hydrogens (tertiary/aromatic N) is 1. The van der Waals surface area contributed by atoms with Crippen LogP contribution in [0.1, 0.15) is 97.6 Å². The predicted octanol–water partition coefficient (Wildman–Crippen LogP) is 14.5. The number of thioether (sulfide) groups is 1. The van der Waals surface area contributed by atoms with Crippen molar-refractivity contribution >= 4 is 115 Å². The van der Waals surface area contributed by atoms with Gasteiger partial charge in [-0.1, -0.05) is 105 Å². The number of benzene rings is 8. The number of phenolic OH excluding ortho intramolecular Hbond substituents is 3. The number of esters is 1. The summed E-state index contributed by atoms with van der Waals surface area (Å²) in [5.41, 5.74) is 6.61. The highest BCUT2D eigenvalue weighted by molar-refractivity contribution is 7.99. The lowest BCUT2D eigenvalue weighted by Crippen LogP contribution is -2.30. The van der Waals surface area contributed by atoms with Gasteiger partial charge < -0.3 is 76.0 Å². The van der Waals surface area contributed by atoms with Crippen LogP contribution in [-0.4, -0.2) is 113 Å². The van der Waals surface area contributed by atoms with Crippen LogP contribution in [0.2, 0.25) is 5.02 Å². The molecule has 6 amide bonds. The molecule has 0 spiro atoms. The molecular formula is C75H84ClN7O16S. The molecule has 8 rings (SSSR count). The number of methoxy groups -OCH3 is 1. The highest BCUT2D eigenvalue weighted by Crippen LogP contribution is 2.41. The topological polar surface area (TPSA) is 343 Å². The van der Waals surface area contributed by atoms with Crippen LogP contribution in [0.4, 0.5) is 33.2 Å². The Labute approximate surface area is 589 Å². The number of nitriles is 1. The van der Waals surface area contributed by atoms with E-state index in [0.29, 0.717) is 94.8 Å². The molecule has 1 atom stereocenters. The zero-order valence-corrected chi connectivity index (χ0v) is 59.1. The normalized spacial score (nSPS) is 11.0. The Bertz CT molecular complexity index is 4330. The van der Waals surface area contributed by atoms with Crippen molar-refractivity contribution in [2.45, 2.75) is 94.6 Å². The van der Waals surface area contributed by atoms with E-state index in [1.165, 1.54) is 48.7 Å². The van der Waals surface area contributed by atoms with E-state index >= 15 is 0 Å². The number of aliphatic carboxylic acids is 1. The number of aryl methyl sites for hydroxylation is 5. The Morgan fingerprint density at radius 2 is 1.22 bits per heavy atom. The summed E-state index contributed by atoms with van der Waals surface area (Å²) in [5, 5.41) is 68.4. The molecule has 0 saturated carbocycles. The number of urea groups is 1. The van der Waals surface area contributed by atoms with Gasteiger partial charge in [0, 0.05) is 64.8 Å². The average molecular weight is 1410 g/mol. The second-order valence-corrected chi connectivity index (χ2v) is 25.6. The number of halogens is 1. The maximum Gasteiger partial charge on any atom is 0.343 e. The first kappa shape index (κ1) is 78.1. The predicted molar refractivity (Wildman–Crippen MR) is 390 cm³/mol. The molecule has 0 aliphatic rings. The Balaban J connectivity index is 0.000000241. The number of nitrogens with one attached hydrogen (secondary N) is 6. The van der Waals surface area contributed by atoms with Crippen LogP contribution in [-0.2, 0) is 28.7 Å². The molecule has 0 fully saturated rings. The maximum absolute atomic E-state index is 12.9. The molecule has 0 aromatic heterocycles. The fourth-order valence-electron chi connectivity index (χ4n) is 9.91. The summed E-state index contributed by atoms with van der Waals surface area (Å²) in [6, 6.07) is 35.1. The van der Waals surface area contributed by atoms with Crippen molar-refractivity contribution in [3.05, 3.63) is 165 Å². The summed E-state index contributed by atoms with van der Waals surface area (Å²) < 4.78 is 27.5. The highest BCUT2D eigenvalue weighted by atomic mass is 35.5. The molecule has 0 radical (unpaired) electrons. The van der Waals surface area contributed by atoms with Crippen LogP contribution in [0.5, 0.6) is 40.2 Å². The van der Waals surface area contributed by atoms with Crippen LogP contribution in [0, 0.1) is 57.8 Å². The van der Waals surface area contributed by atoms with Gasteiger partial charge >= 0.3 is 18.0 Å². The van der Waals surface area contributed by atoms with Crippen molar-refractivity contribution in [3.8, 4) is 46.3 Å². The number of anilines is 5. The molecule has 0 aliphatic heterocycles. The van der Waals surface area contributed by atoms with Gasteiger partial charge in [-0.3, -0.25) is 24.0 Å². The van der Waals surface area contributed by atoms with E-state index in [1.54, 1.807) is 74.5 Å². The van der Waals surface area contributed by atoms with Gasteiger partial charge in [0.2, 0.25) is 11.8 Å².